The lowest BCUT2D eigenvalue weighted by Gasteiger charge is -1.78. The molecule has 0 aliphatic heterocycles. The van der Waals surface area contributed by atoms with E-state index in [1.165, 1.54) is 43.6 Å². The minimum absolute atomic E-state index is 0.289. The van der Waals surface area contributed by atoms with Crippen LogP contribution < -0.4 is 0 Å². The minimum atomic E-state index is -0.428. The molecular weight excluding hydrogens is 1200 g/mol. The first-order chi connectivity index (χ1) is 34.2. The molecule has 0 aliphatic rings. The molecule has 0 aliphatic carbocycles. The van der Waals surface area contributed by atoms with Crippen molar-refractivity contribution in [3.63, 3.8) is 0 Å². The second-order valence-electron chi connectivity index (χ2n) is 14.0. The lowest BCUT2D eigenvalue weighted by Crippen LogP contribution is -1.83. The standard InChI is InChI=1S/2C5H6S.C4H5BrN2.2C4H5ClN2.2C4H5FN2.C4H5IN2.2C4H6N2.C4H5NS/c1-5-2-3-6-4-5;1-5-3-2-4-6-5;1-7-3-4(5)2-6-7;1-7-2-4(5)6-3-7;1-7-3-4(5)2-6-7;1-7-2-4(5)6-3-7;2*1-7-3-4(5)2-6-7;1-6-3-2-5-4-6;1-6-4-2-3-5-6;1-4-5-2-3-6-4/h2*2-4H,1H3;6*2-3H,1H3;2*2-4H,1H3;2-3H,1H3. The third kappa shape index (κ3) is 37.2. The Hall–Kier alpha value is -5.64. The SMILES string of the molecule is Cc1cccs1.Cc1ccsc1.Cc1nccs1.Cn1cc(Br)cn1.Cn1cc(Cl)cn1.Cn1cc(F)cn1.Cn1cc(I)cn1.Cn1cccn1.Cn1ccnc1.Cn1cnc(Cl)c1.Cn1cnc(F)c1. The van der Waals surface area contributed by atoms with Gasteiger partial charge in [0, 0.05) is 122 Å². The lowest BCUT2D eigenvalue weighted by atomic mass is 10.4. The predicted octanol–water partition coefficient (Wildman–Crippen LogP) is 11.9. The molecular formula is C46H59BrCl2F2IN17S3. The summed E-state index contributed by atoms with van der Waals surface area (Å²) < 4.78 is 39.4. The maximum Gasteiger partial charge on any atom is 0.230 e. The number of imidazole rings is 3. The van der Waals surface area contributed by atoms with Crippen molar-refractivity contribution in [1.29, 1.82) is 0 Å². The van der Waals surface area contributed by atoms with Crippen LogP contribution in [0.25, 0.3) is 0 Å². The summed E-state index contributed by atoms with van der Waals surface area (Å²) in [5.74, 6) is -0.718. The highest BCUT2D eigenvalue weighted by Crippen LogP contribution is 2.05. The zero-order valence-electron chi connectivity index (χ0n) is 41.6. The molecule has 26 heteroatoms. The molecule has 11 heterocycles. The minimum Gasteiger partial charge on any atom is -0.341 e. The van der Waals surface area contributed by atoms with Crippen LogP contribution in [-0.2, 0) is 56.4 Å². The van der Waals surface area contributed by atoms with Crippen LogP contribution in [0.3, 0.4) is 0 Å². The van der Waals surface area contributed by atoms with Gasteiger partial charge in [0.05, 0.1) is 74.2 Å². The van der Waals surface area contributed by atoms with Crippen molar-refractivity contribution in [2.45, 2.75) is 20.8 Å². The van der Waals surface area contributed by atoms with Crippen molar-refractivity contribution < 1.29 is 8.78 Å². The number of aryl methyl sites for hydroxylation is 11. The Bertz CT molecular complexity index is 2290. The van der Waals surface area contributed by atoms with Crippen LogP contribution >= 0.6 is 95.7 Å². The van der Waals surface area contributed by atoms with E-state index in [2.05, 4.69) is 132 Å². The van der Waals surface area contributed by atoms with Gasteiger partial charge < -0.3 is 13.7 Å². The van der Waals surface area contributed by atoms with Gasteiger partial charge in [-0.25, -0.2) is 19.3 Å². The van der Waals surface area contributed by atoms with E-state index in [1.54, 1.807) is 132 Å². The normalized spacial score (nSPS) is 9.18. The molecule has 0 N–H and O–H groups in total. The molecule has 0 unspecified atom stereocenters. The van der Waals surface area contributed by atoms with E-state index in [-0.39, 0.29) is 5.82 Å². The summed E-state index contributed by atoms with van der Waals surface area (Å²) in [6.07, 6.45) is 30.2. The Morgan fingerprint density at radius 3 is 1.38 bits per heavy atom. The summed E-state index contributed by atoms with van der Waals surface area (Å²) in [5, 5.41) is 29.6. The maximum absolute atomic E-state index is 11.8. The molecule has 0 spiro atoms. The number of aromatic nitrogens is 17. The summed E-state index contributed by atoms with van der Waals surface area (Å²) in [6.45, 7) is 6.19. The number of nitrogens with zero attached hydrogens (tertiary/aromatic N) is 17. The fourth-order valence-corrected chi connectivity index (χ4v) is 6.92. The van der Waals surface area contributed by atoms with E-state index < -0.39 is 5.95 Å². The number of hydrogen-bond acceptors (Lipinski definition) is 12. The molecule has 388 valence electrons. The highest BCUT2D eigenvalue weighted by Gasteiger charge is 1.89. The van der Waals surface area contributed by atoms with Crippen molar-refractivity contribution >= 4 is 95.7 Å². The highest BCUT2D eigenvalue weighted by atomic mass is 127. The molecule has 0 bridgehead atoms. The van der Waals surface area contributed by atoms with E-state index in [0.717, 1.165) is 9.48 Å². The molecule has 72 heavy (non-hydrogen) atoms. The molecule has 0 aromatic carbocycles. The topological polar surface area (TPSA) is 155 Å². The summed E-state index contributed by atoms with van der Waals surface area (Å²) in [4.78, 5) is 16.2. The van der Waals surface area contributed by atoms with E-state index >= 15 is 0 Å². The largest absolute Gasteiger partial charge is 0.341 e. The zero-order chi connectivity index (χ0) is 53.7. The third-order valence-electron chi connectivity index (χ3n) is 7.20. The Balaban J connectivity index is 0.000000396. The molecule has 11 rings (SSSR count). The van der Waals surface area contributed by atoms with E-state index in [1.807, 2.05) is 96.2 Å². The van der Waals surface area contributed by atoms with E-state index in [4.69, 9.17) is 23.2 Å². The second-order valence-corrected chi connectivity index (χ2v) is 20.1. The Morgan fingerprint density at radius 1 is 0.569 bits per heavy atom. The number of rotatable bonds is 0. The van der Waals surface area contributed by atoms with Crippen LogP contribution in [0.5, 0.6) is 0 Å². The van der Waals surface area contributed by atoms with Gasteiger partial charge in [0.1, 0.15) is 5.15 Å². The molecule has 0 fully saturated rings. The number of thiophene rings is 2. The van der Waals surface area contributed by atoms with Gasteiger partial charge in [-0.2, -0.15) is 41.2 Å². The van der Waals surface area contributed by atoms with Crippen molar-refractivity contribution in [2.24, 2.45) is 56.4 Å². The monoisotopic (exact) mass is 1260 g/mol. The van der Waals surface area contributed by atoms with E-state index in [0.29, 0.717) is 10.2 Å². The molecule has 0 radical (unpaired) electrons. The molecule has 0 saturated carbocycles. The maximum atomic E-state index is 11.8. The fraction of sp³-hybridized carbons (Fsp3) is 0.239. The smallest absolute Gasteiger partial charge is 0.230 e. The average molecular weight is 1260 g/mol. The molecule has 17 nitrogen and oxygen atoms in total. The van der Waals surface area contributed by atoms with Gasteiger partial charge in [-0.15, -0.1) is 22.7 Å². The van der Waals surface area contributed by atoms with Gasteiger partial charge in [-0.3, -0.25) is 28.4 Å². The summed E-state index contributed by atoms with van der Waals surface area (Å²) in [6, 6.07) is 8.15. The van der Waals surface area contributed by atoms with Gasteiger partial charge in [0.25, 0.3) is 0 Å². The van der Waals surface area contributed by atoms with Crippen LogP contribution in [0.4, 0.5) is 8.78 Å². The summed E-state index contributed by atoms with van der Waals surface area (Å²) >= 11 is 21.6. The Kier molecular flexibility index (Phi) is 34.8. The number of thiazole rings is 1. The van der Waals surface area contributed by atoms with Gasteiger partial charge in [-0.05, 0) is 99.2 Å². The van der Waals surface area contributed by atoms with Crippen molar-refractivity contribution in [3.05, 3.63) is 203 Å². The molecule has 0 atom stereocenters. The molecule has 0 amide bonds. The second kappa shape index (κ2) is 39.0. The summed E-state index contributed by atoms with van der Waals surface area (Å²) in [5.41, 5.74) is 1.36. The number of halogens is 6. The van der Waals surface area contributed by atoms with Gasteiger partial charge in [-0.1, -0.05) is 29.3 Å². The molecule has 0 saturated heterocycles. The van der Waals surface area contributed by atoms with Gasteiger partial charge in [0.15, 0.2) is 5.82 Å². The summed E-state index contributed by atoms with van der Waals surface area (Å²) in [7, 11) is 14.7. The quantitative estimate of drug-likeness (QED) is 0.135. The van der Waals surface area contributed by atoms with Crippen LogP contribution in [0, 0.1) is 36.1 Å². The third-order valence-corrected chi connectivity index (χ3v) is 10.9. The number of hydrogen-bond donors (Lipinski definition) is 0. The first kappa shape index (κ1) is 64.4. The van der Waals surface area contributed by atoms with Gasteiger partial charge in [0.2, 0.25) is 5.95 Å². The van der Waals surface area contributed by atoms with Crippen molar-refractivity contribution in [1.82, 2.24) is 82.5 Å². The van der Waals surface area contributed by atoms with Crippen LogP contribution in [0.2, 0.25) is 10.2 Å². The first-order valence-corrected chi connectivity index (χ1v) is 26.1. The van der Waals surface area contributed by atoms with Gasteiger partial charge >= 0.3 is 0 Å². The van der Waals surface area contributed by atoms with Crippen LogP contribution in [-0.4, -0.2) is 82.5 Å². The Labute approximate surface area is 463 Å². The lowest BCUT2D eigenvalue weighted by molar-refractivity contribution is 0.589. The average Bonchev–Trinajstić information content (AvgIpc) is 4.14. The molecule has 11 aromatic heterocycles. The van der Waals surface area contributed by atoms with Crippen LogP contribution in [0.15, 0.2) is 162 Å². The van der Waals surface area contributed by atoms with Crippen molar-refractivity contribution in [3.8, 4) is 0 Å². The fourth-order valence-electron chi connectivity index (χ4n) is 3.99. The Morgan fingerprint density at radius 2 is 1.22 bits per heavy atom. The predicted molar refractivity (Wildman–Crippen MR) is 301 cm³/mol. The van der Waals surface area contributed by atoms with E-state index in [9.17, 15) is 8.78 Å². The first-order valence-electron chi connectivity index (χ1n) is 20.7. The van der Waals surface area contributed by atoms with Crippen molar-refractivity contribution in [2.75, 3.05) is 0 Å². The van der Waals surface area contributed by atoms with Crippen LogP contribution in [0.1, 0.15) is 15.4 Å². The zero-order valence-corrected chi connectivity index (χ0v) is 49.3. The molecule has 11 aromatic rings. The highest BCUT2D eigenvalue weighted by molar-refractivity contribution is 14.1.